The van der Waals surface area contributed by atoms with E-state index in [9.17, 15) is 9.59 Å². The normalized spacial score (nSPS) is 16.1. The van der Waals surface area contributed by atoms with Crippen LogP contribution in [0.3, 0.4) is 0 Å². The van der Waals surface area contributed by atoms with Gasteiger partial charge in [-0.3, -0.25) is 4.79 Å². The SMILES string of the molecule is CCO[C@](C)(C(=O)Nc1ccc(OCC(C)C)c(C(=O)OC)c1)C1CC1. The molecule has 0 unspecified atom stereocenters. The van der Waals surface area contributed by atoms with Gasteiger partial charge in [0.15, 0.2) is 0 Å². The van der Waals surface area contributed by atoms with Crippen LogP contribution in [0.15, 0.2) is 18.2 Å². The molecule has 6 nitrogen and oxygen atoms in total. The lowest BCUT2D eigenvalue weighted by molar-refractivity contribution is -0.141. The van der Waals surface area contributed by atoms with Crippen molar-refractivity contribution in [1.29, 1.82) is 0 Å². The predicted molar refractivity (Wildman–Crippen MR) is 99.5 cm³/mol. The Balaban J connectivity index is 2.21. The first-order valence-electron chi connectivity index (χ1n) is 9.12. The maximum Gasteiger partial charge on any atom is 0.341 e. The number of methoxy groups -OCH3 is 1. The molecule has 0 aromatic heterocycles. The molecule has 0 aliphatic heterocycles. The van der Waals surface area contributed by atoms with E-state index in [1.54, 1.807) is 18.2 Å². The number of hydrogen-bond donors (Lipinski definition) is 1. The van der Waals surface area contributed by atoms with Gasteiger partial charge in [-0.15, -0.1) is 0 Å². The number of anilines is 1. The van der Waals surface area contributed by atoms with Crippen molar-refractivity contribution in [2.75, 3.05) is 25.6 Å². The first-order chi connectivity index (χ1) is 12.3. The van der Waals surface area contributed by atoms with E-state index in [0.717, 1.165) is 12.8 Å². The van der Waals surface area contributed by atoms with Crippen LogP contribution in [0.1, 0.15) is 50.9 Å². The Morgan fingerprint density at radius 3 is 2.54 bits per heavy atom. The lowest BCUT2D eigenvalue weighted by Gasteiger charge is -2.28. The third-order valence-electron chi connectivity index (χ3n) is 4.47. The molecule has 0 saturated heterocycles. The third kappa shape index (κ3) is 4.75. The zero-order valence-electron chi connectivity index (χ0n) is 16.3. The van der Waals surface area contributed by atoms with Crippen LogP contribution in [0, 0.1) is 11.8 Å². The number of rotatable bonds is 9. The Morgan fingerprint density at radius 2 is 2.00 bits per heavy atom. The topological polar surface area (TPSA) is 73.9 Å². The molecule has 1 atom stereocenters. The molecule has 1 aromatic carbocycles. The lowest BCUT2D eigenvalue weighted by Crippen LogP contribution is -2.44. The van der Waals surface area contributed by atoms with Crippen LogP contribution in [-0.2, 0) is 14.3 Å². The third-order valence-corrected chi connectivity index (χ3v) is 4.47. The Bertz CT molecular complexity index is 654. The summed E-state index contributed by atoms with van der Waals surface area (Å²) < 4.78 is 16.3. The molecule has 1 aromatic rings. The van der Waals surface area contributed by atoms with Gasteiger partial charge in [0.05, 0.1) is 13.7 Å². The van der Waals surface area contributed by atoms with Gasteiger partial charge in [-0.2, -0.15) is 0 Å². The summed E-state index contributed by atoms with van der Waals surface area (Å²) in [6, 6.07) is 4.98. The molecule has 0 radical (unpaired) electrons. The van der Waals surface area contributed by atoms with Gasteiger partial charge < -0.3 is 19.5 Å². The number of carbonyl (C=O) groups excluding carboxylic acids is 2. The molecule has 2 rings (SSSR count). The van der Waals surface area contributed by atoms with E-state index in [2.05, 4.69) is 5.32 Å². The van der Waals surface area contributed by atoms with Crippen molar-refractivity contribution in [3.63, 3.8) is 0 Å². The Labute approximate surface area is 155 Å². The van der Waals surface area contributed by atoms with Crippen molar-refractivity contribution in [1.82, 2.24) is 0 Å². The van der Waals surface area contributed by atoms with Crippen LogP contribution in [0.5, 0.6) is 5.75 Å². The van der Waals surface area contributed by atoms with Gasteiger partial charge >= 0.3 is 5.97 Å². The number of benzene rings is 1. The van der Waals surface area contributed by atoms with Crippen LogP contribution >= 0.6 is 0 Å². The summed E-state index contributed by atoms with van der Waals surface area (Å²) in [7, 11) is 1.32. The smallest absolute Gasteiger partial charge is 0.341 e. The minimum Gasteiger partial charge on any atom is -0.492 e. The van der Waals surface area contributed by atoms with Crippen molar-refractivity contribution in [3.05, 3.63) is 23.8 Å². The molecule has 0 bridgehead atoms. The minimum absolute atomic E-state index is 0.200. The van der Waals surface area contributed by atoms with E-state index in [0.29, 0.717) is 30.6 Å². The van der Waals surface area contributed by atoms with Crippen LogP contribution < -0.4 is 10.1 Å². The molecule has 1 aliphatic carbocycles. The fraction of sp³-hybridized carbons (Fsp3) is 0.600. The van der Waals surface area contributed by atoms with Gasteiger partial charge in [0, 0.05) is 12.3 Å². The quantitative estimate of drug-likeness (QED) is 0.678. The summed E-state index contributed by atoms with van der Waals surface area (Å²) in [5, 5.41) is 2.87. The monoisotopic (exact) mass is 363 g/mol. The summed E-state index contributed by atoms with van der Waals surface area (Å²) in [6.07, 6.45) is 1.97. The largest absolute Gasteiger partial charge is 0.492 e. The van der Waals surface area contributed by atoms with Gasteiger partial charge in [-0.1, -0.05) is 13.8 Å². The fourth-order valence-corrected chi connectivity index (χ4v) is 2.82. The van der Waals surface area contributed by atoms with Crippen molar-refractivity contribution >= 4 is 17.6 Å². The molecule has 1 N–H and O–H groups in total. The van der Waals surface area contributed by atoms with Crippen LogP contribution in [-0.4, -0.2) is 37.8 Å². The first-order valence-corrected chi connectivity index (χ1v) is 9.12. The molecular formula is C20H29NO5. The average Bonchev–Trinajstić information content (AvgIpc) is 3.45. The minimum atomic E-state index is -0.854. The van der Waals surface area contributed by atoms with Gasteiger partial charge in [0.2, 0.25) is 0 Å². The number of carbonyl (C=O) groups is 2. The van der Waals surface area contributed by atoms with Gasteiger partial charge in [0.25, 0.3) is 5.91 Å². The molecule has 1 saturated carbocycles. The van der Waals surface area contributed by atoms with Crippen molar-refractivity contribution < 1.29 is 23.8 Å². The first kappa shape index (κ1) is 20.2. The van der Waals surface area contributed by atoms with E-state index in [1.807, 2.05) is 27.7 Å². The number of hydrogen-bond acceptors (Lipinski definition) is 5. The van der Waals surface area contributed by atoms with E-state index in [-0.39, 0.29) is 17.4 Å². The van der Waals surface area contributed by atoms with E-state index in [4.69, 9.17) is 14.2 Å². The molecular weight excluding hydrogens is 334 g/mol. The average molecular weight is 363 g/mol. The second kappa shape index (κ2) is 8.54. The zero-order valence-corrected chi connectivity index (χ0v) is 16.3. The maximum absolute atomic E-state index is 12.8. The highest BCUT2D eigenvalue weighted by molar-refractivity contribution is 5.99. The Morgan fingerprint density at radius 1 is 1.31 bits per heavy atom. The molecule has 26 heavy (non-hydrogen) atoms. The van der Waals surface area contributed by atoms with Gasteiger partial charge in [-0.25, -0.2) is 4.79 Å². The Kier molecular flexibility index (Phi) is 6.64. The maximum atomic E-state index is 12.8. The van der Waals surface area contributed by atoms with Crippen molar-refractivity contribution in [2.24, 2.45) is 11.8 Å². The summed E-state index contributed by atoms with van der Waals surface area (Å²) in [6.45, 7) is 8.71. The summed E-state index contributed by atoms with van der Waals surface area (Å²) in [4.78, 5) is 24.9. The zero-order chi connectivity index (χ0) is 19.3. The highest BCUT2D eigenvalue weighted by atomic mass is 16.5. The van der Waals surface area contributed by atoms with E-state index in [1.165, 1.54) is 7.11 Å². The van der Waals surface area contributed by atoms with Gasteiger partial charge in [0.1, 0.15) is 16.9 Å². The molecule has 1 aliphatic rings. The number of nitrogens with one attached hydrogen (secondary N) is 1. The number of amides is 1. The summed E-state index contributed by atoms with van der Waals surface area (Å²) in [5.41, 5.74) is -0.0538. The van der Waals surface area contributed by atoms with Crippen molar-refractivity contribution in [3.8, 4) is 5.75 Å². The number of ether oxygens (including phenoxy) is 3. The predicted octanol–water partition coefficient (Wildman–Crippen LogP) is 3.65. The van der Waals surface area contributed by atoms with Crippen LogP contribution in [0.25, 0.3) is 0 Å². The second-order valence-corrected chi connectivity index (χ2v) is 7.18. The van der Waals surface area contributed by atoms with Crippen LogP contribution in [0.4, 0.5) is 5.69 Å². The molecule has 1 amide bonds. The highest BCUT2D eigenvalue weighted by Crippen LogP contribution is 2.42. The van der Waals surface area contributed by atoms with Gasteiger partial charge in [-0.05, 0) is 56.7 Å². The van der Waals surface area contributed by atoms with E-state index < -0.39 is 11.6 Å². The van der Waals surface area contributed by atoms with Crippen LogP contribution in [0.2, 0.25) is 0 Å². The molecule has 0 spiro atoms. The summed E-state index contributed by atoms with van der Waals surface area (Å²) in [5.74, 6) is 0.294. The Hall–Kier alpha value is -2.08. The standard InChI is InChI=1S/C20H29NO5/c1-6-26-20(4,14-7-8-14)19(23)21-15-9-10-17(25-12-13(2)3)16(11-15)18(22)24-5/h9-11,13-14H,6-8,12H2,1-5H3,(H,21,23)/t20-/m0/s1. The van der Waals surface area contributed by atoms with E-state index >= 15 is 0 Å². The lowest BCUT2D eigenvalue weighted by atomic mass is 9.98. The number of esters is 1. The van der Waals surface area contributed by atoms with Crippen molar-refractivity contribution in [2.45, 2.75) is 46.1 Å². The molecule has 144 valence electrons. The fourth-order valence-electron chi connectivity index (χ4n) is 2.82. The second-order valence-electron chi connectivity index (χ2n) is 7.18. The molecule has 0 heterocycles. The highest BCUT2D eigenvalue weighted by Gasteiger charge is 2.48. The summed E-state index contributed by atoms with van der Waals surface area (Å²) >= 11 is 0. The molecule has 6 heteroatoms. The molecule has 1 fully saturated rings.